The van der Waals surface area contributed by atoms with Crippen molar-refractivity contribution in [1.29, 1.82) is 0 Å². The summed E-state index contributed by atoms with van der Waals surface area (Å²) in [5.41, 5.74) is 0. The molecule has 2 saturated carbocycles. The Kier molecular flexibility index (Phi) is 5.54. The summed E-state index contributed by atoms with van der Waals surface area (Å²) < 4.78 is 21.1. The van der Waals surface area contributed by atoms with E-state index in [9.17, 15) is 4.21 Å². The Morgan fingerprint density at radius 2 is 1.39 bits per heavy atom. The summed E-state index contributed by atoms with van der Waals surface area (Å²) in [6.07, 6.45) is 13.0. The van der Waals surface area contributed by atoms with Gasteiger partial charge in [0, 0.05) is 11.8 Å². The molecular weight excluding hydrogens is 306 g/mol. The van der Waals surface area contributed by atoms with Gasteiger partial charge in [0.2, 0.25) is 0 Å². The Morgan fingerprint density at radius 1 is 0.913 bits per heavy atom. The van der Waals surface area contributed by atoms with Crippen molar-refractivity contribution in [3.05, 3.63) is 0 Å². The Labute approximate surface area is 145 Å². The molecule has 3 aliphatic rings. The van der Waals surface area contributed by atoms with Crippen LogP contribution in [0.15, 0.2) is 0 Å². The molecule has 0 unspecified atom stereocenters. The van der Waals surface area contributed by atoms with Crippen molar-refractivity contribution in [3.63, 3.8) is 0 Å². The lowest BCUT2D eigenvalue weighted by atomic mass is 9.74. The molecule has 0 aromatic rings. The predicted octanol–water partition coefficient (Wildman–Crippen LogP) is 3.70. The largest absolute Gasteiger partial charge is 0.351 e. The zero-order valence-corrected chi connectivity index (χ0v) is 16.2. The van der Waals surface area contributed by atoms with E-state index in [1.165, 1.54) is 64.2 Å². The summed E-state index contributed by atoms with van der Waals surface area (Å²) in [7, 11) is 5.84. The number of hydrogen-bond donors (Lipinski definition) is 0. The van der Waals surface area contributed by atoms with Crippen LogP contribution >= 0.6 is 0 Å². The normalized spacial score (nSPS) is 33.9. The fourth-order valence-corrected chi connectivity index (χ4v) is 7.49. The van der Waals surface area contributed by atoms with E-state index in [2.05, 4.69) is 21.1 Å². The maximum absolute atomic E-state index is 13.4. The minimum Gasteiger partial charge on any atom is -0.351 e. The minimum atomic E-state index is -0.811. The second-order valence-corrected chi connectivity index (χ2v) is 10.8. The van der Waals surface area contributed by atoms with Gasteiger partial charge in [-0.1, -0.05) is 38.5 Å². The summed E-state index contributed by atoms with van der Waals surface area (Å²) in [6, 6.07) is 0. The molecule has 1 aliphatic heterocycles. The average Bonchev–Trinajstić information content (AvgIpc) is 2.84. The van der Waals surface area contributed by atoms with E-state index in [0.29, 0.717) is 11.8 Å². The number of nitrogens with zero attached hydrogens (tertiary/aromatic N) is 1. The third kappa shape index (κ3) is 3.85. The SMILES string of the molecule is C[N+](C)(C)C[C@@H]1C[S@@](=O)C(C2CCCCC2)(C2CCCCC2)O1. The van der Waals surface area contributed by atoms with Crippen molar-refractivity contribution < 1.29 is 13.4 Å². The van der Waals surface area contributed by atoms with E-state index in [1.54, 1.807) is 0 Å². The smallest absolute Gasteiger partial charge is 0.149 e. The Bertz CT molecular complexity index is 402. The molecule has 0 radical (unpaired) electrons. The van der Waals surface area contributed by atoms with E-state index in [1.807, 2.05) is 0 Å². The molecule has 2 atom stereocenters. The highest BCUT2D eigenvalue weighted by molar-refractivity contribution is 7.86. The van der Waals surface area contributed by atoms with E-state index in [0.717, 1.165) is 16.8 Å². The zero-order valence-electron chi connectivity index (χ0n) is 15.4. The highest BCUT2D eigenvalue weighted by Crippen LogP contribution is 2.50. The van der Waals surface area contributed by atoms with Gasteiger partial charge < -0.3 is 9.22 Å². The second-order valence-electron chi connectivity index (χ2n) is 9.12. The lowest BCUT2D eigenvalue weighted by Crippen LogP contribution is -2.50. The highest BCUT2D eigenvalue weighted by Gasteiger charge is 2.57. The van der Waals surface area contributed by atoms with Crippen LogP contribution in [0.25, 0.3) is 0 Å². The number of quaternary nitrogens is 1. The van der Waals surface area contributed by atoms with Crippen LogP contribution in [0.3, 0.4) is 0 Å². The van der Waals surface area contributed by atoms with Gasteiger partial charge in [0.15, 0.2) is 0 Å². The molecular formula is C19H36NO2S+. The molecule has 3 fully saturated rings. The molecule has 1 heterocycles. The molecule has 0 bridgehead atoms. The molecule has 0 aromatic heterocycles. The first kappa shape index (κ1) is 17.9. The summed E-state index contributed by atoms with van der Waals surface area (Å²) in [6.45, 7) is 0.979. The molecule has 23 heavy (non-hydrogen) atoms. The molecule has 0 amide bonds. The van der Waals surface area contributed by atoms with Crippen LogP contribution < -0.4 is 0 Å². The number of likely N-dealkylation sites (N-methyl/N-ethyl adjacent to an activating group) is 1. The minimum absolute atomic E-state index is 0.180. The molecule has 0 N–H and O–H groups in total. The van der Waals surface area contributed by atoms with Crippen LogP contribution in [-0.4, -0.2) is 53.2 Å². The number of ether oxygens (including phenoxy) is 1. The Morgan fingerprint density at radius 3 is 1.83 bits per heavy atom. The van der Waals surface area contributed by atoms with Crippen molar-refractivity contribution >= 4 is 10.8 Å². The summed E-state index contributed by atoms with van der Waals surface area (Å²) in [4.78, 5) is -0.305. The summed E-state index contributed by atoms with van der Waals surface area (Å²) in [5, 5.41) is 0. The third-order valence-electron chi connectivity index (χ3n) is 6.14. The maximum atomic E-state index is 13.4. The van der Waals surface area contributed by atoms with Gasteiger partial charge in [0.25, 0.3) is 0 Å². The van der Waals surface area contributed by atoms with Crippen molar-refractivity contribution in [2.24, 2.45) is 11.8 Å². The van der Waals surface area contributed by atoms with Gasteiger partial charge in [-0.05, 0) is 25.7 Å². The second kappa shape index (κ2) is 7.13. The van der Waals surface area contributed by atoms with Gasteiger partial charge in [-0.2, -0.15) is 0 Å². The zero-order chi connectivity index (χ0) is 16.5. The van der Waals surface area contributed by atoms with Crippen LogP contribution in [0.2, 0.25) is 0 Å². The van der Waals surface area contributed by atoms with Crippen LogP contribution in [-0.2, 0) is 15.5 Å². The molecule has 3 nitrogen and oxygen atoms in total. The van der Waals surface area contributed by atoms with Gasteiger partial charge >= 0.3 is 0 Å². The molecule has 134 valence electrons. The first-order chi connectivity index (χ1) is 10.9. The van der Waals surface area contributed by atoms with Crippen LogP contribution in [0.1, 0.15) is 64.2 Å². The van der Waals surface area contributed by atoms with Crippen molar-refractivity contribution in [2.75, 3.05) is 33.4 Å². The quantitative estimate of drug-likeness (QED) is 0.728. The Hall–Kier alpha value is 0.0700. The van der Waals surface area contributed by atoms with E-state index >= 15 is 0 Å². The fraction of sp³-hybridized carbons (Fsp3) is 1.00. The number of hydrogen-bond acceptors (Lipinski definition) is 2. The van der Waals surface area contributed by atoms with Crippen molar-refractivity contribution in [2.45, 2.75) is 75.2 Å². The van der Waals surface area contributed by atoms with Crippen LogP contribution in [0.5, 0.6) is 0 Å². The monoisotopic (exact) mass is 342 g/mol. The maximum Gasteiger partial charge on any atom is 0.149 e. The summed E-state index contributed by atoms with van der Waals surface area (Å²) in [5.74, 6) is 1.85. The van der Waals surface area contributed by atoms with E-state index in [4.69, 9.17) is 4.74 Å². The van der Waals surface area contributed by atoms with E-state index in [-0.39, 0.29) is 11.0 Å². The molecule has 0 spiro atoms. The Balaban J connectivity index is 1.84. The first-order valence-electron chi connectivity index (χ1n) is 9.78. The summed E-state index contributed by atoms with van der Waals surface area (Å²) >= 11 is 0. The third-order valence-corrected chi connectivity index (χ3v) is 8.29. The van der Waals surface area contributed by atoms with Gasteiger partial charge in [-0.3, -0.25) is 4.21 Å². The number of rotatable bonds is 4. The molecule has 2 aliphatic carbocycles. The van der Waals surface area contributed by atoms with Gasteiger partial charge in [0.1, 0.15) is 17.6 Å². The topological polar surface area (TPSA) is 26.3 Å². The molecule has 1 saturated heterocycles. The first-order valence-corrected chi connectivity index (χ1v) is 11.1. The predicted molar refractivity (Wildman–Crippen MR) is 96.7 cm³/mol. The van der Waals surface area contributed by atoms with Crippen molar-refractivity contribution in [3.8, 4) is 0 Å². The standard InChI is InChI=1S/C19H36NO2S/c1-20(2,3)14-18-15-23(21)19(22-18,16-10-6-4-7-11-16)17-12-8-5-9-13-17/h16-18H,4-15H2,1-3H3/q+1/t18-,23-/m1/s1. The van der Waals surface area contributed by atoms with Gasteiger partial charge in [-0.25, -0.2) is 0 Å². The van der Waals surface area contributed by atoms with E-state index < -0.39 is 10.8 Å². The van der Waals surface area contributed by atoms with Crippen molar-refractivity contribution in [1.82, 2.24) is 0 Å². The highest BCUT2D eigenvalue weighted by atomic mass is 32.2. The lowest BCUT2D eigenvalue weighted by molar-refractivity contribution is -0.873. The molecule has 0 aromatic carbocycles. The van der Waals surface area contributed by atoms with Gasteiger partial charge in [-0.15, -0.1) is 0 Å². The lowest BCUT2D eigenvalue weighted by Gasteiger charge is -2.45. The fourth-order valence-electron chi connectivity index (χ4n) is 5.26. The van der Waals surface area contributed by atoms with Crippen LogP contribution in [0.4, 0.5) is 0 Å². The molecule has 4 heteroatoms. The molecule has 3 rings (SSSR count). The van der Waals surface area contributed by atoms with Crippen LogP contribution in [0, 0.1) is 11.8 Å². The average molecular weight is 343 g/mol. The van der Waals surface area contributed by atoms with Gasteiger partial charge in [0.05, 0.1) is 37.7 Å².